The van der Waals surface area contributed by atoms with Gasteiger partial charge >= 0.3 is 11.9 Å². The first kappa shape index (κ1) is 21.2. The minimum absolute atomic E-state index is 0.0600. The lowest BCUT2D eigenvalue weighted by atomic mass is 9.80. The molecular formula is C19H20O6S. The van der Waals surface area contributed by atoms with Crippen LogP contribution in [0.1, 0.15) is 19.3 Å². The van der Waals surface area contributed by atoms with Crippen molar-refractivity contribution in [1.29, 1.82) is 0 Å². The van der Waals surface area contributed by atoms with E-state index in [9.17, 15) is 18.0 Å². The number of carbonyl (C=O) groups excluding carboxylic acids is 2. The number of sulfone groups is 1. The van der Waals surface area contributed by atoms with E-state index in [-0.39, 0.29) is 29.1 Å². The predicted molar refractivity (Wildman–Crippen MR) is 95.4 cm³/mol. The molecule has 0 aliphatic heterocycles. The molecule has 0 aliphatic rings. The number of hydrogen-bond donors (Lipinski definition) is 0. The number of allylic oxidation sites excluding steroid dienone is 1. The van der Waals surface area contributed by atoms with Gasteiger partial charge in [-0.15, -0.1) is 18.1 Å². The number of esters is 2. The van der Waals surface area contributed by atoms with E-state index in [0.717, 1.165) is 14.2 Å². The Bertz CT molecular complexity index is 839. The van der Waals surface area contributed by atoms with Crippen LogP contribution in [-0.2, 0) is 28.9 Å². The molecule has 0 saturated heterocycles. The van der Waals surface area contributed by atoms with Gasteiger partial charge in [-0.05, 0) is 25.0 Å². The van der Waals surface area contributed by atoms with E-state index in [1.165, 1.54) is 12.1 Å². The van der Waals surface area contributed by atoms with Crippen molar-refractivity contribution >= 4 is 21.8 Å². The summed E-state index contributed by atoms with van der Waals surface area (Å²) in [6.45, 7) is 3.42. The van der Waals surface area contributed by atoms with E-state index in [4.69, 9.17) is 15.9 Å². The Morgan fingerprint density at radius 2 is 1.69 bits per heavy atom. The summed E-state index contributed by atoms with van der Waals surface area (Å²) >= 11 is 0. The van der Waals surface area contributed by atoms with Crippen LogP contribution in [0.15, 0.2) is 52.4 Å². The summed E-state index contributed by atoms with van der Waals surface area (Å²) in [5, 5.41) is 0. The molecule has 7 heteroatoms. The molecule has 1 aromatic rings. The molecule has 0 aliphatic carbocycles. The second-order valence-corrected chi connectivity index (χ2v) is 7.33. The van der Waals surface area contributed by atoms with Crippen molar-refractivity contribution < 1.29 is 27.5 Å². The largest absolute Gasteiger partial charge is 0.468 e. The van der Waals surface area contributed by atoms with Crippen LogP contribution < -0.4 is 0 Å². The summed E-state index contributed by atoms with van der Waals surface area (Å²) in [6, 6.07) is 7.71. The van der Waals surface area contributed by atoms with Gasteiger partial charge in [-0.3, -0.25) is 9.59 Å². The maximum atomic E-state index is 12.7. The standard InChI is InChI=1S/C19H20O6S/c1-5-13-19(17(20)24-3,18(21)25-4)14-12-15(6-2)26(22,23)16-10-8-7-9-11-16/h1,7-11H,2,12-14H2,3-4H3. The zero-order valence-electron chi connectivity index (χ0n) is 14.7. The molecule has 1 rings (SSSR count). The molecule has 138 valence electrons. The number of hydrogen-bond acceptors (Lipinski definition) is 6. The molecule has 0 amide bonds. The molecule has 0 atom stereocenters. The van der Waals surface area contributed by atoms with Crippen molar-refractivity contribution in [2.24, 2.45) is 5.41 Å². The number of methoxy groups -OCH3 is 2. The van der Waals surface area contributed by atoms with Gasteiger partial charge in [-0.2, -0.15) is 0 Å². The quantitative estimate of drug-likeness (QED) is 0.299. The van der Waals surface area contributed by atoms with E-state index in [2.05, 4.69) is 18.2 Å². The first-order valence-electron chi connectivity index (χ1n) is 7.59. The van der Waals surface area contributed by atoms with Crippen molar-refractivity contribution in [3.8, 4) is 12.3 Å². The van der Waals surface area contributed by atoms with Crippen LogP contribution >= 0.6 is 0 Å². The smallest absolute Gasteiger partial charge is 0.324 e. The van der Waals surface area contributed by atoms with E-state index in [1.807, 2.05) is 0 Å². The van der Waals surface area contributed by atoms with Gasteiger partial charge in [0.25, 0.3) is 0 Å². The third kappa shape index (κ3) is 4.23. The maximum absolute atomic E-state index is 12.7. The summed E-state index contributed by atoms with van der Waals surface area (Å²) in [7, 11) is -1.64. The lowest BCUT2D eigenvalue weighted by Gasteiger charge is -2.26. The molecule has 0 spiro atoms. The first-order chi connectivity index (χ1) is 12.3. The van der Waals surface area contributed by atoms with Crippen molar-refractivity contribution in [2.45, 2.75) is 24.2 Å². The van der Waals surface area contributed by atoms with Crippen LogP contribution in [0, 0.1) is 17.8 Å². The molecular weight excluding hydrogens is 356 g/mol. The van der Waals surface area contributed by atoms with Crippen molar-refractivity contribution in [2.75, 3.05) is 14.2 Å². The molecule has 1 aromatic carbocycles. The van der Waals surface area contributed by atoms with Gasteiger partial charge in [0.05, 0.1) is 24.0 Å². The Kier molecular flexibility index (Phi) is 7.39. The maximum Gasteiger partial charge on any atom is 0.324 e. The highest BCUT2D eigenvalue weighted by atomic mass is 32.2. The fourth-order valence-corrected chi connectivity index (χ4v) is 3.83. The summed E-state index contributed by atoms with van der Waals surface area (Å²) in [6.07, 6.45) is 4.60. The molecule has 0 heterocycles. The number of ether oxygens (including phenoxy) is 2. The van der Waals surface area contributed by atoms with E-state index >= 15 is 0 Å². The Balaban J connectivity index is 3.25. The zero-order chi connectivity index (χ0) is 19.8. The molecule has 6 nitrogen and oxygen atoms in total. The van der Waals surface area contributed by atoms with Gasteiger partial charge in [-0.1, -0.05) is 24.8 Å². The fraction of sp³-hybridized carbons (Fsp3) is 0.316. The molecule has 0 radical (unpaired) electrons. The third-order valence-corrected chi connectivity index (χ3v) is 5.80. The summed E-state index contributed by atoms with van der Waals surface area (Å²) < 4.78 is 34.8. The highest BCUT2D eigenvalue weighted by Gasteiger charge is 2.48. The highest BCUT2D eigenvalue weighted by molar-refractivity contribution is 7.95. The molecule has 0 fully saturated rings. The summed E-state index contributed by atoms with van der Waals surface area (Å²) in [5.74, 6) is 0.482. The zero-order valence-corrected chi connectivity index (χ0v) is 15.5. The average molecular weight is 376 g/mol. The molecule has 0 unspecified atom stereocenters. The molecule has 0 saturated carbocycles. The Morgan fingerprint density at radius 1 is 1.15 bits per heavy atom. The number of rotatable bonds is 8. The van der Waals surface area contributed by atoms with Crippen LogP contribution in [0.5, 0.6) is 0 Å². The fourth-order valence-electron chi connectivity index (χ4n) is 2.47. The number of carbonyl (C=O) groups is 2. The average Bonchev–Trinajstić information content (AvgIpc) is 2.66. The van der Waals surface area contributed by atoms with Gasteiger partial charge in [0.1, 0.15) is 0 Å². The third-order valence-electron chi connectivity index (χ3n) is 3.91. The summed E-state index contributed by atoms with van der Waals surface area (Å²) in [5.41, 5.74) is 0.593. The van der Waals surface area contributed by atoms with Gasteiger partial charge in [0, 0.05) is 6.42 Å². The monoisotopic (exact) mass is 376 g/mol. The van der Waals surface area contributed by atoms with Crippen molar-refractivity contribution in [3.63, 3.8) is 0 Å². The van der Waals surface area contributed by atoms with Gasteiger partial charge in [-0.25, -0.2) is 8.42 Å². The van der Waals surface area contributed by atoms with E-state index in [1.54, 1.807) is 18.2 Å². The first-order valence-corrected chi connectivity index (χ1v) is 9.07. The van der Waals surface area contributed by atoms with Gasteiger partial charge in [0.15, 0.2) is 5.41 Å². The highest BCUT2D eigenvalue weighted by Crippen LogP contribution is 2.34. The van der Waals surface area contributed by atoms with Crippen molar-refractivity contribution in [3.05, 3.63) is 47.5 Å². The van der Waals surface area contributed by atoms with Gasteiger partial charge in [0.2, 0.25) is 9.84 Å². The number of benzene rings is 1. The minimum Gasteiger partial charge on any atom is -0.468 e. The van der Waals surface area contributed by atoms with Crippen LogP contribution in [0.4, 0.5) is 0 Å². The van der Waals surface area contributed by atoms with Gasteiger partial charge < -0.3 is 9.47 Å². The second kappa shape index (κ2) is 9.04. The SMILES string of the molecule is C#CCC(CCC(=C=C)S(=O)(=O)c1ccccc1)(C(=O)OC)C(=O)OC. The minimum atomic E-state index is -3.87. The molecule has 0 N–H and O–H groups in total. The molecule has 0 bridgehead atoms. The predicted octanol–water partition coefficient (Wildman–Crippen LogP) is 2.27. The number of terminal acetylenes is 1. The van der Waals surface area contributed by atoms with Crippen LogP contribution in [0.25, 0.3) is 0 Å². The van der Waals surface area contributed by atoms with Crippen LogP contribution in [0.2, 0.25) is 0 Å². The van der Waals surface area contributed by atoms with Crippen LogP contribution in [-0.4, -0.2) is 34.6 Å². The summed E-state index contributed by atoms with van der Waals surface area (Å²) in [4.78, 5) is 24.4. The topological polar surface area (TPSA) is 86.7 Å². The van der Waals surface area contributed by atoms with E-state index in [0.29, 0.717) is 0 Å². The van der Waals surface area contributed by atoms with E-state index < -0.39 is 27.2 Å². The Labute approximate surface area is 153 Å². The lowest BCUT2D eigenvalue weighted by molar-refractivity contribution is -0.169. The Morgan fingerprint density at radius 3 is 2.12 bits per heavy atom. The van der Waals surface area contributed by atoms with Crippen molar-refractivity contribution in [1.82, 2.24) is 0 Å². The molecule has 26 heavy (non-hydrogen) atoms. The normalized spacial score (nSPS) is 11.0. The van der Waals surface area contributed by atoms with Crippen LogP contribution in [0.3, 0.4) is 0 Å². The Hall–Kier alpha value is -2.81. The second-order valence-electron chi connectivity index (χ2n) is 5.36. The molecule has 0 aromatic heterocycles. The lowest BCUT2D eigenvalue weighted by Crippen LogP contribution is -2.41.